The second kappa shape index (κ2) is 11.3. The molecule has 1 aliphatic rings. The molecule has 1 N–H and O–H groups in total. The van der Waals surface area contributed by atoms with E-state index in [2.05, 4.69) is 29.2 Å². The first-order valence-electron chi connectivity index (χ1n) is 11.8. The highest BCUT2D eigenvalue weighted by atomic mass is 35.5. The molecule has 1 aliphatic heterocycles. The van der Waals surface area contributed by atoms with Crippen LogP contribution in [0.25, 0.3) is 0 Å². The summed E-state index contributed by atoms with van der Waals surface area (Å²) >= 11 is 12.3. The van der Waals surface area contributed by atoms with Crippen molar-refractivity contribution in [1.82, 2.24) is 4.90 Å². The molecule has 35 heavy (non-hydrogen) atoms. The topological polar surface area (TPSA) is 60.9 Å². The summed E-state index contributed by atoms with van der Waals surface area (Å²) in [7, 11) is -3.92. The van der Waals surface area contributed by atoms with Crippen molar-refractivity contribution in [3.05, 3.63) is 93.5 Å². The molecule has 0 fully saturated rings. The fourth-order valence-corrected chi connectivity index (χ4v) is 6.68. The number of hydrogen-bond acceptors (Lipinski definition) is 4. The average molecular weight is 534 g/mol. The van der Waals surface area contributed by atoms with Crippen molar-refractivity contribution in [3.63, 3.8) is 0 Å². The van der Waals surface area contributed by atoms with Crippen molar-refractivity contribution in [3.8, 4) is 0 Å². The SMILES string of the molecule is C[C@H](CCCN1CCc2ccccc2C1)N(c1cc(Cl)ccc1CO)S(=O)(=O)c1ccc(Cl)cc1. The maximum absolute atomic E-state index is 13.8. The van der Waals surface area contributed by atoms with E-state index in [4.69, 9.17) is 23.2 Å². The Hall–Kier alpha value is -2.09. The van der Waals surface area contributed by atoms with E-state index in [-0.39, 0.29) is 17.5 Å². The third kappa shape index (κ3) is 6.01. The van der Waals surface area contributed by atoms with Crippen molar-refractivity contribution in [2.24, 2.45) is 0 Å². The zero-order chi connectivity index (χ0) is 25.0. The summed E-state index contributed by atoms with van der Waals surface area (Å²) in [5.41, 5.74) is 3.68. The standard InChI is InChI=1S/C27H30Cl2N2O3S/c1-20(5-4-15-30-16-14-21-6-2-3-7-22(21)18-30)31(27-17-25(29)9-8-23(27)19-32)35(33,34)26-12-10-24(28)11-13-26/h2-3,6-13,17,20,32H,4-5,14-16,18-19H2,1H3/t20-/m1/s1. The van der Waals surface area contributed by atoms with Crippen LogP contribution in [0.1, 0.15) is 36.5 Å². The maximum atomic E-state index is 13.8. The molecule has 0 aromatic heterocycles. The lowest BCUT2D eigenvalue weighted by Gasteiger charge is -2.33. The highest BCUT2D eigenvalue weighted by Crippen LogP contribution is 2.33. The van der Waals surface area contributed by atoms with Crippen LogP contribution in [-0.2, 0) is 29.6 Å². The average Bonchev–Trinajstić information content (AvgIpc) is 2.84. The number of halogens is 2. The monoisotopic (exact) mass is 532 g/mol. The summed E-state index contributed by atoms with van der Waals surface area (Å²) < 4.78 is 29.0. The Labute approximate surface area is 218 Å². The van der Waals surface area contributed by atoms with Gasteiger partial charge in [0.25, 0.3) is 10.0 Å². The van der Waals surface area contributed by atoms with Crippen LogP contribution < -0.4 is 4.31 Å². The molecule has 8 heteroatoms. The quantitative estimate of drug-likeness (QED) is 0.372. The number of hydrogen-bond donors (Lipinski definition) is 1. The van der Waals surface area contributed by atoms with E-state index >= 15 is 0 Å². The van der Waals surface area contributed by atoms with Gasteiger partial charge in [-0.2, -0.15) is 0 Å². The maximum Gasteiger partial charge on any atom is 0.264 e. The second-order valence-corrected chi connectivity index (χ2v) is 11.7. The van der Waals surface area contributed by atoms with Crippen LogP contribution >= 0.6 is 23.2 Å². The lowest BCUT2D eigenvalue weighted by molar-refractivity contribution is 0.247. The zero-order valence-electron chi connectivity index (χ0n) is 19.7. The van der Waals surface area contributed by atoms with Crippen molar-refractivity contribution in [2.75, 3.05) is 17.4 Å². The van der Waals surface area contributed by atoms with Gasteiger partial charge < -0.3 is 5.11 Å². The van der Waals surface area contributed by atoms with E-state index in [1.54, 1.807) is 30.3 Å². The Morgan fingerprint density at radius 1 is 1.00 bits per heavy atom. The number of anilines is 1. The molecule has 186 valence electrons. The van der Waals surface area contributed by atoms with Gasteiger partial charge in [-0.1, -0.05) is 53.5 Å². The minimum atomic E-state index is -3.92. The molecule has 0 unspecified atom stereocenters. The highest BCUT2D eigenvalue weighted by Gasteiger charge is 2.31. The van der Waals surface area contributed by atoms with Crippen molar-refractivity contribution in [1.29, 1.82) is 0 Å². The molecule has 1 heterocycles. The molecule has 0 saturated carbocycles. The van der Waals surface area contributed by atoms with E-state index < -0.39 is 10.0 Å². The third-order valence-electron chi connectivity index (χ3n) is 6.53. The molecule has 3 aromatic carbocycles. The van der Waals surface area contributed by atoms with Crippen molar-refractivity contribution >= 4 is 38.9 Å². The minimum absolute atomic E-state index is 0.144. The Bertz CT molecular complexity index is 1270. The molecule has 0 bridgehead atoms. The number of nitrogens with zero attached hydrogens (tertiary/aromatic N) is 2. The number of aliphatic hydroxyl groups is 1. The Balaban J connectivity index is 1.55. The summed E-state index contributed by atoms with van der Waals surface area (Å²) in [6.45, 7) is 4.41. The van der Waals surface area contributed by atoms with Crippen molar-refractivity contribution in [2.45, 2.75) is 50.3 Å². The molecule has 0 saturated heterocycles. The van der Waals surface area contributed by atoms with E-state index in [1.807, 2.05) is 6.92 Å². The van der Waals surface area contributed by atoms with Gasteiger partial charge in [0.2, 0.25) is 0 Å². The number of rotatable bonds is 9. The van der Waals surface area contributed by atoms with Crippen molar-refractivity contribution < 1.29 is 13.5 Å². The lowest BCUT2D eigenvalue weighted by Crippen LogP contribution is -2.40. The van der Waals surface area contributed by atoms with Gasteiger partial charge in [-0.05, 0) is 80.3 Å². The van der Waals surface area contributed by atoms with Crippen LogP contribution in [0.2, 0.25) is 10.0 Å². The molecular formula is C27H30Cl2N2O3S. The highest BCUT2D eigenvalue weighted by molar-refractivity contribution is 7.92. The number of benzene rings is 3. The number of sulfonamides is 1. The molecule has 0 amide bonds. The molecule has 5 nitrogen and oxygen atoms in total. The fraction of sp³-hybridized carbons (Fsp3) is 0.333. The first-order valence-corrected chi connectivity index (χ1v) is 14.0. The Kier molecular flexibility index (Phi) is 8.40. The summed E-state index contributed by atoms with van der Waals surface area (Å²) in [6.07, 6.45) is 2.53. The lowest BCUT2D eigenvalue weighted by atomic mass is 9.99. The van der Waals surface area contributed by atoms with Crippen LogP contribution in [0.4, 0.5) is 5.69 Å². The Morgan fingerprint density at radius 3 is 2.40 bits per heavy atom. The molecule has 4 rings (SSSR count). The zero-order valence-corrected chi connectivity index (χ0v) is 22.0. The largest absolute Gasteiger partial charge is 0.392 e. The second-order valence-electron chi connectivity index (χ2n) is 8.97. The van der Waals surface area contributed by atoms with E-state index in [9.17, 15) is 13.5 Å². The van der Waals surface area contributed by atoms with Gasteiger partial charge >= 0.3 is 0 Å². The van der Waals surface area contributed by atoms with E-state index in [0.717, 1.165) is 32.5 Å². The third-order valence-corrected chi connectivity index (χ3v) is 8.96. The fourth-order valence-electron chi connectivity index (χ4n) is 4.67. The van der Waals surface area contributed by atoms with Crippen LogP contribution in [0.15, 0.2) is 71.6 Å². The van der Waals surface area contributed by atoms with Gasteiger partial charge in [0.05, 0.1) is 17.2 Å². The summed E-state index contributed by atoms with van der Waals surface area (Å²) in [6, 6.07) is 19.3. The minimum Gasteiger partial charge on any atom is -0.392 e. The first kappa shape index (κ1) is 26.0. The van der Waals surface area contributed by atoms with Gasteiger partial charge in [0.15, 0.2) is 0 Å². The molecule has 1 atom stereocenters. The summed E-state index contributed by atoms with van der Waals surface area (Å²) in [4.78, 5) is 2.57. The van der Waals surface area contributed by atoms with E-state index in [1.165, 1.54) is 27.6 Å². The number of aliphatic hydroxyl groups excluding tert-OH is 1. The van der Waals surface area contributed by atoms with E-state index in [0.29, 0.717) is 27.7 Å². The number of fused-ring (bicyclic) bond motifs is 1. The first-order chi connectivity index (χ1) is 16.8. The molecule has 0 aliphatic carbocycles. The van der Waals surface area contributed by atoms with Gasteiger partial charge in [-0.3, -0.25) is 9.21 Å². The van der Waals surface area contributed by atoms with Gasteiger partial charge in [0.1, 0.15) is 0 Å². The predicted molar refractivity (Wildman–Crippen MR) is 143 cm³/mol. The molecule has 3 aromatic rings. The van der Waals surface area contributed by atoms with Crippen LogP contribution in [0.3, 0.4) is 0 Å². The smallest absolute Gasteiger partial charge is 0.264 e. The Morgan fingerprint density at radius 2 is 1.69 bits per heavy atom. The predicted octanol–water partition coefficient (Wildman–Crippen LogP) is 5.91. The molecule has 0 spiro atoms. The van der Waals surface area contributed by atoms with Crippen LogP contribution in [0.5, 0.6) is 0 Å². The molecule has 0 radical (unpaired) electrons. The summed E-state index contributed by atoms with van der Waals surface area (Å²) in [5, 5.41) is 10.8. The van der Waals surface area contributed by atoms with Gasteiger partial charge in [-0.25, -0.2) is 8.42 Å². The van der Waals surface area contributed by atoms with Crippen LogP contribution in [0, 0.1) is 0 Å². The summed E-state index contributed by atoms with van der Waals surface area (Å²) in [5.74, 6) is 0. The van der Waals surface area contributed by atoms with Crippen LogP contribution in [-0.4, -0.2) is 37.6 Å². The van der Waals surface area contributed by atoms with Gasteiger partial charge in [0, 0.05) is 34.7 Å². The molecular weight excluding hydrogens is 503 g/mol. The van der Waals surface area contributed by atoms with Gasteiger partial charge in [-0.15, -0.1) is 0 Å². The normalized spacial score (nSPS) is 15.0.